The van der Waals surface area contributed by atoms with Crippen molar-refractivity contribution in [3.05, 3.63) is 68.1 Å². The van der Waals surface area contributed by atoms with Gasteiger partial charge in [0.15, 0.2) is 0 Å². The van der Waals surface area contributed by atoms with Crippen LogP contribution in [0.15, 0.2) is 45.3 Å². The van der Waals surface area contributed by atoms with Crippen LogP contribution >= 0.6 is 31.9 Å². The highest BCUT2D eigenvalue weighted by molar-refractivity contribution is 9.10. The molecule has 0 heterocycles. The maximum atomic E-state index is 13.8. The van der Waals surface area contributed by atoms with E-state index in [-0.39, 0.29) is 12.2 Å². The molecule has 0 fully saturated rings. The lowest BCUT2D eigenvalue weighted by molar-refractivity contribution is 0.562. The maximum Gasteiger partial charge on any atom is 0.129 e. The molecule has 0 bridgehead atoms. The van der Waals surface area contributed by atoms with Gasteiger partial charge in [-0.3, -0.25) is 0 Å². The fourth-order valence-electron chi connectivity index (χ4n) is 1.85. The largest absolute Gasteiger partial charge is 0.324 e. The molecule has 0 aromatic heterocycles. The fraction of sp³-hybridized carbons (Fsp3) is 0.143. The van der Waals surface area contributed by atoms with Gasteiger partial charge in [0.2, 0.25) is 0 Å². The monoisotopic (exact) mass is 389 g/mol. The predicted octanol–water partition coefficient (Wildman–Crippen LogP) is 4.73. The summed E-state index contributed by atoms with van der Waals surface area (Å²) in [5.74, 6) is -0.728. The SMILES string of the molecule is NC(Cc1cc(Br)ccc1F)c1ccc(Br)cc1F. The zero-order valence-electron chi connectivity index (χ0n) is 9.84. The smallest absolute Gasteiger partial charge is 0.129 e. The van der Waals surface area contributed by atoms with Gasteiger partial charge >= 0.3 is 0 Å². The van der Waals surface area contributed by atoms with E-state index in [0.29, 0.717) is 15.6 Å². The lowest BCUT2D eigenvalue weighted by Gasteiger charge is -2.14. The van der Waals surface area contributed by atoms with Gasteiger partial charge in [0.25, 0.3) is 0 Å². The molecule has 0 saturated carbocycles. The highest BCUT2D eigenvalue weighted by Crippen LogP contribution is 2.24. The second-order valence-corrected chi connectivity index (χ2v) is 6.04. The van der Waals surface area contributed by atoms with Crippen molar-refractivity contribution in [2.24, 2.45) is 5.73 Å². The van der Waals surface area contributed by atoms with Gasteiger partial charge in [-0.25, -0.2) is 8.78 Å². The van der Waals surface area contributed by atoms with Crippen LogP contribution in [0.5, 0.6) is 0 Å². The normalized spacial score (nSPS) is 12.5. The molecule has 0 amide bonds. The molecule has 0 aliphatic rings. The minimum absolute atomic E-state index is 0.240. The Hall–Kier alpha value is -0.780. The Morgan fingerprint density at radius 3 is 2.26 bits per heavy atom. The van der Waals surface area contributed by atoms with Gasteiger partial charge in [-0.2, -0.15) is 0 Å². The van der Waals surface area contributed by atoms with Crippen LogP contribution in [0.1, 0.15) is 17.2 Å². The maximum absolute atomic E-state index is 13.8. The van der Waals surface area contributed by atoms with E-state index in [1.807, 2.05) is 0 Å². The quantitative estimate of drug-likeness (QED) is 0.805. The average molecular weight is 391 g/mol. The summed E-state index contributed by atoms with van der Waals surface area (Å²) in [6, 6.07) is 8.74. The first kappa shape index (κ1) is 14.6. The molecule has 2 rings (SSSR count). The van der Waals surface area contributed by atoms with Crippen molar-refractivity contribution in [3.8, 4) is 0 Å². The van der Waals surface area contributed by atoms with Crippen LogP contribution in [0.2, 0.25) is 0 Å². The second-order valence-electron chi connectivity index (χ2n) is 4.21. The van der Waals surface area contributed by atoms with Crippen LogP contribution < -0.4 is 5.73 Å². The molecule has 5 heteroatoms. The number of halogens is 4. The topological polar surface area (TPSA) is 26.0 Å². The third kappa shape index (κ3) is 3.61. The number of hydrogen-bond donors (Lipinski definition) is 1. The third-order valence-corrected chi connectivity index (χ3v) is 3.80. The Morgan fingerprint density at radius 2 is 1.58 bits per heavy atom. The summed E-state index contributed by atoms with van der Waals surface area (Å²) in [6.07, 6.45) is 0.240. The summed E-state index contributed by atoms with van der Waals surface area (Å²) in [6.45, 7) is 0. The molecule has 1 atom stereocenters. The minimum atomic E-state index is -0.586. The lowest BCUT2D eigenvalue weighted by atomic mass is 9.99. The number of rotatable bonds is 3. The zero-order chi connectivity index (χ0) is 14.0. The zero-order valence-corrected chi connectivity index (χ0v) is 13.0. The van der Waals surface area contributed by atoms with Crippen molar-refractivity contribution in [1.29, 1.82) is 0 Å². The van der Waals surface area contributed by atoms with Crippen LogP contribution in [-0.2, 0) is 6.42 Å². The van der Waals surface area contributed by atoms with E-state index in [2.05, 4.69) is 31.9 Å². The highest BCUT2D eigenvalue weighted by atomic mass is 79.9. The first-order valence-electron chi connectivity index (χ1n) is 5.62. The fourth-order valence-corrected chi connectivity index (χ4v) is 2.59. The molecule has 0 spiro atoms. The molecule has 100 valence electrons. The van der Waals surface area contributed by atoms with E-state index in [9.17, 15) is 8.78 Å². The van der Waals surface area contributed by atoms with Crippen LogP contribution in [0.4, 0.5) is 8.78 Å². The van der Waals surface area contributed by atoms with Crippen molar-refractivity contribution in [2.45, 2.75) is 12.5 Å². The Labute approximate surface area is 127 Å². The van der Waals surface area contributed by atoms with E-state index in [4.69, 9.17) is 5.73 Å². The molecule has 0 radical (unpaired) electrons. The van der Waals surface area contributed by atoms with Crippen LogP contribution in [0.3, 0.4) is 0 Å². The van der Waals surface area contributed by atoms with Crippen molar-refractivity contribution < 1.29 is 8.78 Å². The molecule has 1 nitrogen and oxygen atoms in total. The highest BCUT2D eigenvalue weighted by Gasteiger charge is 2.14. The van der Waals surface area contributed by atoms with Crippen molar-refractivity contribution in [2.75, 3.05) is 0 Å². The summed E-state index contributed by atoms with van der Waals surface area (Å²) in [5.41, 5.74) is 6.80. The summed E-state index contributed by atoms with van der Waals surface area (Å²) >= 11 is 6.47. The van der Waals surface area contributed by atoms with Gasteiger partial charge in [0, 0.05) is 20.6 Å². The van der Waals surface area contributed by atoms with Crippen LogP contribution in [0.25, 0.3) is 0 Å². The van der Waals surface area contributed by atoms with E-state index >= 15 is 0 Å². The lowest BCUT2D eigenvalue weighted by Crippen LogP contribution is -2.15. The summed E-state index contributed by atoms with van der Waals surface area (Å²) in [4.78, 5) is 0. The number of nitrogens with two attached hydrogens (primary N) is 1. The van der Waals surface area contributed by atoms with Gasteiger partial charge < -0.3 is 5.73 Å². The van der Waals surface area contributed by atoms with Gasteiger partial charge in [-0.1, -0.05) is 37.9 Å². The Kier molecular flexibility index (Phi) is 4.71. The van der Waals surface area contributed by atoms with E-state index in [1.165, 1.54) is 12.1 Å². The van der Waals surface area contributed by atoms with Crippen LogP contribution in [0, 0.1) is 11.6 Å². The predicted molar refractivity (Wildman–Crippen MR) is 78.8 cm³/mol. The average Bonchev–Trinajstić information content (AvgIpc) is 2.33. The standard InChI is InChI=1S/C14H11Br2F2N/c15-9-2-4-12(17)8(5-9)6-14(19)11-3-1-10(16)7-13(11)18/h1-5,7,14H,6,19H2. The number of benzene rings is 2. The molecule has 0 aliphatic carbocycles. The molecular weight excluding hydrogens is 380 g/mol. The first-order chi connectivity index (χ1) is 8.97. The molecule has 19 heavy (non-hydrogen) atoms. The van der Waals surface area contributed by atoms with Gasteiger partial charge in [0.1, 0.15) is 11.6 Å². The van der Waals surface area contributed by atoms with Crippen molar-refractivity contribution in [1.82, 2.24) is 0 Å². The minimum Gasteiger partial charge on any atom is -0.324 e. The van der Waals surface area contributed by atoms with E-state index in [0.717, 1.165) is 4.47 Å². The number of hydrogen-bond acceptors (Lipinski definition) is 1. The molecule has 2 aromatic rings. The Balaban J connectivity index is 2.25. The summed E-state index contributed by atoms with van der Waals surface area (Å²) in [7, 11) is 0. The van der Waals surface area contributed by atoms with E-state index < -0.39 is 11.9 Å². The molecule has 1 unspecified atom stereocenters. The van der Waals surface area contributed by atoms with Gasteiger partial charge in [-0.15, -0.1) is 0 Å². The van der Waals surface area contributed by atoms with Crippen LogP contribution in [-0.4, -0.2) is 0 Å². The molecule has 2 aromatic carbocycles. The molecule has 0 aliphatic heterocycles. The van der Waals surface area contributed by atoms with Gasteiger partial charge in [-0.05, 0) is 42.3 Å². The Bertz CT molecular complexity index is 602. The molecular formula is C14H11Br2F2N. The molecule has 2 N–H and O–H groups in total. The second kappa shape index (κ2) is 6.11. The first-order valence-corrected chi connectivity index (χ1v) is 7.20. The van der Waals surface area contributed by atoms with Crippen molar-refractivity contribution in [3.63, 3.8) is 0 Å². The summed E-state index contributed by atoms with van der Waals surface area (Å²) in [5, 5.41) is 0. The van der Waals surface area contributed by atoms with Crippen molar-refractivity contribution >= 4 is 31.9 Å². The summed E-state index contributed by atoms with van der Waals surface area (Å²) < 4.78 is 28.8. The third-order valence-electron chi connectivity index (χ3n) is 2.81. The Morgan fingerprint density at radius 1 is 0.947 bits per heavy atom. The van der Waals surface area contributed by atoms with E-state index in [1.54, 1.807) is 24.3 Å². The molecule has 0 saturated heterocycles. The van der Waals surface area contributed by atoms with Gasteiger partial charge in [0.05, 0.1) is 0 Å².